The highest BCUT2D eigenvalue weighted by atomic mass is 35.5. The molecule has 3 aromatic rings. The maximum atomic E-state index is 13.4. The zero-order valence-electron chi connectivity index (χ0n) is 20.3. The van der Waals surface area contributed by atoms with Crippen molar-refractivity contribution >= 4 is 35.4 Å². The first-order valence-corrected chi connectivity index (χ1v) is 12.4. The van der Waals surface area contributed by atoms with Gasteiger partial charge in [0.25, 0.3) is 5.56 Å². The number of nitrogens with one attached hydrogen (secondary N) is 1. The number of amides is 1. The number of rotatable bonds is 9. The molecule has 0 atom stereocenters. The molecule has 2 aromatic heterocycles. The Labute approximate surface area is 217 Å². The Morgan fingerprint density at radius 3 is 2.63 bits per heavy atom. The minimum absolute atomic E-state index is 0. The Morgan fingerprint density at radius 1 is 1.14 bits per heavy atom. The Hall–Kier alpha value is -2.48. The van der Waals surface area contributed by atoms with Gasteiger partial charge in [0.15, 0.2) is 0 Å². The Balaban J connectivity index is 0.00000342. The number of fused-ring (bicyclic) bond motifs is 1. The van der Waals surface area contributed by atoms with E-state index < -0.39 is 0 Å². The molecule has 1 aromatic carbocycles. The van der Waals surface area contributed by atoms with Crippen LogP contribution in [0.2, 0.25) is 5.02 Å². The van der Waals surface area contributed by atoms with Crippen LogP contribution in [-0.2, 0) is 11.3 Å². The van der Waals surface area contributed by atoms with Crippen LogP contribution in [0.1, 0.15) is 39.5 Å². The van der Waals surface area contributed by atoms with Gasteiger partial charge in [-0.2, -0.15) is 0 Å². The molecule has 190 valence electrons. The monoisotopic (exact) mass is 520 g/mol. The molecule has 9 heteroatoms. The molecule has 0 saturated carbocycles. The van der Waals surface area contributed by atoms with E-state index in [-0.39, 0.29) is 36.5 Å². The molecule has 35 heavy (non-hydrogen) atoms. The SMILES string of the molecule is CC(C)NC(=O)Cn1c(-c2cccc(Cl)c2)cn2cc(OCCCN3CCCCC3)cc2c1=O.Cl. The number of ether oxygens (including phenoxy) is 1. The average molecular weight is 521 g/mol. The summed E-state index contributed by atoms with van der Waals surface area (Å²) in [7, 11) is 0. The first-order chi connectivity index (χ1) is 16.4. The lowest BCUT2D eigenvalue weighted by molar-refractivity contribution is -0.122. The maximum absolute atomic E-state index is 13.4. The largest absolute Gasteiger partial charge is 0.492 e. The number of piperidine rings is 1. The van der Waals surface area contributed by atoms with Crippen LogP contribution >= 0.6 is 24.0 Å². The van der Waals surface area contributed by atoms with E-state index in [4.69, 9.17) is 16.3 Å². The first-order valence-electron chi connectivity index (χ1n) is 12.1. The number of carbonyl (C=O) groups excluding carboxylic acids is 1. The molecule has 0 bridgehead atoms. The summed E-state index contributed by atoms with van der Waals surface area (Å²) in [5.41, 5.74) is 1.60. The molecule has 4 rings (SSSR count). The first kappa shape index (κ1) is 27.1. The van der Waals surface area contributed by atoms with Gasteiger partial charge in [-0.05, 0) is 58.3 Å². The summed E-state index contributed by atoms with van der Waals surface area (Å²) in [6.45, 7) is 7.68. The number of halogens is 2. The van der Waals surface area contributed by atoms with Crippen molar-refractivity contribution in [1.29, 1.82) is 0 Å². The molecule has 0 unspecified atom stereocenters. The summed E-state index contributed by atoms with van der Waals surface area (Å²) < 4.78 is 9.25. The third-order valence-electron chi connectivity index (χ3n) is 6.05. The van der Waals surface area contributed by atoms with E-state index in [0.717, 1.165) is 18.5 Å². The van der Waals surface area contributed by atoms with Crippen molar-refractivity contribution in [2.75, 3.05) is 26.2 Å². The number of benzene rings is 1. The van der Waals surface area contributed by atoms with E-state index in [0.29, 0.717) is 28.6 Å². The highest BCUT2D eigenvalue weighted by molar-refractivity contribution is 6.30. The van der Waals surface area contributed by atoms with Gasteiger partial charge in [0.2, 0.25) is 5.91 Å². The van der Waals surface area contributed by atoms with Gasteiger partial charge in [0.05, 0.1) is 18.5 Å². The maximum Gasteiger partial charge on any atom is 0.275 e. The molecule has 1 amide bonds. The van der Waals surface area contributed by atoms with Gasteiger partial charge in [-0.15, -0.1) is 12.4 Å². The van der Waals surface area contributed by atoms with Gasteiger partial charge in [0.1, 0.15) is 17.8 Å². The molecule has 1 N–H and O–H groups in total. The molecular weight excluding hydrogens is 487 g/mol. The summed E-state index contributed by atoms with van der Waals surface area (Å²) in [6.07, 6.45) is 8.51. The predicted octanol–water partition coefficient (Wildman–Crippen LogP) is 4.62. The van der Waals surface area contributed by atoms with Gasteiger partial charge in [-0.25, -0.2) is 0 Å². The molecule has 1 saturated heterocycles. The Kier molecular flexibility index (Phi) is 9.66. The summed E-state index contributed by atoms with van der Waals surface area (Å²) >= 11 is 6.21. The second-order valence-corrected chi connectivity index (χ2v) is 9.65. The topological polar surface area (TPSA) is 68.0 Å². The Bertz CT molecular complexity index is 1200. The molecule has 1 aliphatic rings. The lowest BCUT2D eigenvalue weighted by Gasteiger charge is -2.26. The lowest BCUT2D eigenvalue weighted by atomic mass is 10.1. The molecule has 1 aliphatic heterocycles. The normalized spacial score (nSPS) is 14.2. The summed E-state index contributed by atoms with van der Waals surface area (Å²) in [4.78, 5) is 28.5. The summed E-state index contributed by atoms with van der Waals surface area (Å²) in [6, 6.07) is 9.02. The second kappa shape index (κ2) is 12.5. The highest BCUT2D eigenvalue weighted by Gasteiger charge is 2.17. The van der Waals surface area contributed by atoms with E-state index in [1.165, 1.54) is 36.9 Å². The molecule has 3 heterocycles. The number of hydrogen-bond acceptors (Lipinski definition) is 4. The third kappa shape index (κ3) is 7.03. The minimum atomic E-state index is -0.250. The Morgan fingerprint density at radius 2 is 1.91 bits per heavy atom. The molecular formula is C26H34Cl2N4O3. The fourth-order valence-corrected chi connectivity index (χ4v) is 4.66. The van der Waals surface area contributed by atoms with E-state index in [2.05, 4.69) is 10.2 Å². The van der Waals surface area contributed by atoms with Crippen LogP contribution in [-0.4, -0.2) is 52.1 Å². The van der Waals surface area contributed by atoms with Crippen molar-refractivity contribution in [3.05, 3.63) is 58.1 Å². The number of likely N-dealkylation sites (tertiary alicyclic amines) is 1. The smallest absolute Gasteiger partial charge is 0.275 e. The second-order valence-electron chi connectivity index (χ2n) is 9.21. The van der Waals surface area contributed by atoms with E-state index in [1.807, 2.05) is 38.4 Å². The van der Waals surface area contributed by atoms with Gasteiger partial charge < -0.3 is 19.4 Å². The molecule has 0 aliphatic carbocycles. The number of carbonyl (C=O) groups is 1. The number of hydrogen-bond donors (Lipinski definition) is 1. The number of nitrogens with zero attached hydrogens (tertiary/aromatic N) is 3. The van der Waals surface area contributed by atoms with Gasteiger partial charge >= 0.3 is 0 Å². The zero-order chi connectivity index (χ0) is 24.1. The van der Waals surface area contributed by atoms with Crippen LogP contribution in [0.4, 0.5) is 0 Å². The zero-order valence-corrected chi connectivity index (χ0v) is 21.9. The fourth-order valence-electron chi connectivity index (χ4n) is 4.47. The van der Waals surface area contributed by atoms with Gasteiger partial charge in [0, 0.05) is 35.4 Å². The highest BCUT2D eigenvalue weighted by Crippen LogP contribution is 2.24. The van der Waals surface area contributed by atoms with Crippen LogP contribution in [0.25, 0.3) is 16.8 Å². The van der Waals surface area contributed by atoms with Crippen molar-refractivity contribution in [3.63, 3.8) is 0 Å². The van der Waals surface area contributed by atoms with Crippen molar-refractivity contribution in [1.82, 2.24) is 19.2 Å². The summed E-state index contributed by atoms with van der Waals surface area (Å²) in [5.74, 6) is 0.433. The van der Waals surface area contributed by atoms with Crippen molar-refractivity contribution in [3.8, 4) is 17.0 Å². The molecule has 0 spiro atoms. The van der Waals surface area contributed by atoms with Crippen LogP contribution in [0.15, 0.2) is 47.5 Å². The van der Waals surface area contributed by atoms with Crippen molar-refractivity contribution < 1.29 is 9.53 Å². The molecule has 7 nitrogen and oxygen atoms in total. The minimum Gasteiger partial charge on any atom is -0.492 e. The van der Waals surface area contributed by atoms with E-state index in [1.54, 1.807) is 22.6 Å². The third-order valence-corrected chi connectivity index (χ3v) is 6.28. The lowest BCUT2D eigenvalue weighted by Crippen LogP contribution is -2.36. The average Bonchev–Trinajstić information content (AvgIpc) is 3.22. The van der Waals surface area contributed by atoms with Crippen LogP contribution < -0.4 is 15.6 Å². The van der Waals surface area contributed by atoms with Gasteiger partial charge in [-0.1, -0.05) is 30.2 Å². The van der Waals surface area contributed by atoms with E-state index >= 15 is 0 Å². The quantitative estimate of drug-likeness (QED) is 0.418. The standard InChI is InChI=1S/C26H33ClN4O3.ClH/c1-19(2)28-25(32)18-31-24(20-8-6-9-21(27)14-20)17-30-16-22(15-23(30)26(31)33)34-13-7-12-29-10-4-3-5-11-29;/h6,8-9,14-17,19H,3-5,7,10-13,18H2,1-2H3,(H,28,32);1H. The van der Waals surface area contributed by atoms with Gasteiger partial charge in [-0.3, -0.25) is 14.2 Å². The molecule has 0 radical (unpaired) electrons. The fraction of sp³-hybridized carbons (Fsp3) is 0.462. The van der Waals surface area contributed by atoms with Crippen molar-refractivity contribution in [2.45, 2.75) is 52.1 Å². The number of aromatic nitrogens is 2. The van der Waals surface area contributed by atoms with E-state index in [9.17, 15) is 9.59 Å². The predicted molar refractivity (Wildman–Crippen MR) is 143 cm³/mol. The molecule has 1 fully saturated rings. The van der Waals surface area contributed by atoms with Crippen LogP contribution in [0.3, 0.4) is 0 Å². The summed E-state index contributed by atoms with van der Waals surface area (Å²) in [5, 5.41) is 3.43. The van der Waals surface area contributed by atoms with Crippen LogP contribution in [0.5, 0.6) is 5.75 Å². The van der Waals surface area contributed by atoms with Crippen LogP contribution in [0, 0.1) is 0 Å². The van der Waals surface area contributed by atoms with Crippen molar-refractivity contribution in [2.24, 2.45) is 0 Å².